The van der Waals surface area contributed by atoms with Gasteiger partial charge in [0.1, 0.15) is 11.9 Å². The van der Waals surface area contributed by atoms with E-state index in [4.69, 9.17) is 10.5 Å². The minimum Gasteiger partial charge on any atom is -0.484 e. The summed E-state index contributed by atoms with van der Waals surface area (Å²) in [6.07, 6.45) is -0.129. The van der Waals surface area contributed by atoms with Gasteiger partial charge in [0.05, 0.1) is 0 Å². The summed E-state index contributed by atoms with van der Waals surface area (Å²) < 4.78 is 6.19. The summed E-state index contributed by atoms with van der Waals surface area (Å²) in [6.45, 7) is 8.19. The van der Waals surface area contributed by atoms with E-state index >= 15 is 0 Å². The molecule has 20 heavy (non-hydrogen) atoms. The van der Waals surface area contributed by atoms with Crippen molar-refractivity contribution < 1.29 is 4.74 Å². The van der Waals surface area contributed by atoms with Crippen LogP contribution in [-0.4, -0.2) is 6.04 Å². The molecule has 2 unspecified atom stereocenters. The van der Waals surface area contributed by atoms with Crippen molar-refractivity contribution in [1.29, 1.82) is 0 Å². The predicted octanol–water partition coefficient (Wildman–Crippen LogP) is 4.08. The van der Waals surface area contributed by atoms with Gasteiger partial charge in [0.25, 0.3) is 0 Å². The summed E-state index contributed by atoms with van der Waals surface area (Å²) in [6, 6.07) is 14.5. The van der Waals surface area contributed by atoms with E-state index in [0.29, 0.717) is 0 Å². The molecule has 0 aliphatic carbocycles. The molecule has 2 aromatic carbocycles. The quantitative estimate of drug-likeness (QED) is 0.907. The Morgan fingerprint density at radius 3 is 2.10 bits per heavy atom. The highest BCUT2D eigenvalue weighted by Gasteiger charge is 2.19. The van der Waals surface area contributed by atoms with Crippen molar-refractivity contribution in [2.24, 2.45) is 5.73 Å². The fraction of sp³-hybridized carbons (Fsp3) is 0.333. The van der Waals surface area contributed by atoms with Gasteiger partial charge in [-0.25, -0.2) is 0 Å². The molecule has 2 heteroatoms. The molecule has 0 amide bonds. The van der Waals surface area contributed by atoms with E-state index in [0.717, 1.165) is 16.9 Å². The van der Waals surface area contributed by atoms with Gasteiger partial charge >= 0.3 is 0 Å². The average Bonchev–Trinajstić information content (AvgIpc) is 2.40. The van der Waals surface area contributed by atoms with Gasteiger partial charge in [-0.15, -0.1) is 0 Å². The van der Waals surface area contributed by atoms with Crippen molar-refractivity contribution in [3.8, 4) is 5.75 Å². The third-order valence-corrected chi connectivity index (χ3v) is 3.48. The van der Waals surface area contributed by atoms with Gasteiger partial charge in [-0.1, -0.05) is 42.0 Å². The lowest BCUT2D eigenvalue weighted by atomic mass is 10.0. The van der Waals surface area contributed by atoms with E-state index in [1.54, 1.807) is 0 Å². The number of rotatable bonds is 4. The fourth-order valence-corrected chi connectivity index (χ4v) is 2.21. The minimum atomic E-state index is -0.129. The summed E-state index contributed by atoms with van der Waals surface area (Å²) in [5.74, 6) is 0.910. The monoisotopic (exact) mass is 269 g/mol. The first kappa shape index (κ1) is 14.6. The Labute approximate surface area is 121 Å². The molecule has 0 spiro atoms. The number of hydrogen-bond acceptors (Lipinski definition) is 2. The second kappa shape index (κ2) is 6.10. The number of nitrogens with two attached hydrogens (primary N) is 1. The van der Waals surface area contributed by atoms with Gasteiger partial charge in [0.15, 0.2) is 0 Å². The van der Waals surface area contributed by atoms with Gasteiger partial charge in [-0.2, -0.15) is 0 Å². The molecule has 0 radical (unpaired) electrons. The molecule has 0 fully saturated rings. The van der Waals surface area contributed by atoms with Crippen LogP contribution in [-0.2, 0) is 0 Å². The Kier molecular flexibility index (Phi) is 4.46. The van der Waals surface area contributed by atoms with E-state index in [2.05, 4.69) is 63.2 Å². The van der Waals surface area contributed by atoms with Crippen LogP contribution in [0.1, 0.15) is 35.3 Å². The third-order valence-electron chi connectivity index (χ3n) is 3.48. The van der Waals surface area contributed by atoms with Crippen LogP contribution in [0, 0.1) is 20.8 Å². The Hall–Kier alpha value is -1.80. The normalized spacial score (nSPS) is 13.8. The van der Waals surface area contributed by atoms with Crippen LogP contribution in [0.2, 0.25) is 0 Å². The smallest absolute Gasteiger partial charge is 0.138 e. The Morgan fingerprint density at radius 2 is 1.50 bits per heavy atom. The zero-order valence-electron chi connectivity index (χ0n) is 12.7. The van der Waals surface area contributed by atoms with Crippen molar-refractivity contribution >= 4 is 0 Å². The molecule has 0 aliphatic heterocycles. The van der Waals surface area contributed by atoms with Crippen molar-refractivity contribution in [2.45, 2.75) is 39.8 Å². The maximum absolute atomic E-state index is 6.19. The van der Waals surface area contributed by atoms with E-state index in [1.165, 1.54) is 11.1 Å². The third kappa shape index (κ3) is 3.40. The molecule has 2 rings (SSSR count). The lowest BCUT2D eigenvalue weighted by Gasteiger charge is -2.24. The molecule has 0 aromatic heterocycles. The summed E-state index contributed by atoms with van der Waals surface area (Å²) in [5, 5.41) is 0. The molecular formula is C18H23NO. The van der Waals surface area contributed by atoms with Crippen LogP contribution in [0.5, 0.6) is 5.75 Å². The van der Waals surface area contributed by atoms with Gasteiger partial charge < -0.3 is 10.5 Å². The average molecular weight is 269 g/mol. The fourth-order valence-electron chi connectivity index (χ4n) is 2.21. The maximum atomic E-state index is 6.19. The van der Waals surface area contributed by atoms with Crippen LogP contribution in [0.4, 0.5) is 0 Å². The zero-order valence-corrected chi connectivity index (χ0v) is 12.7. The van der Waals surface area contributed by atoms with Crippen LogP contribution in [0.25, 0.3) is 0 Å². The molecule has 2 atom stereocenters. The highest BCUT2D eigenvalue weighted by Crippen LogP contribution is 2.28. The Bertz CT molecular complexity index is 572. The molecule has 2 aromatic rings. The number of benzene rings is 2. The predicted molar refractivity (Wildman–Crippen MR) is 84.1 cm³/mol. The lowest BCUT2D eigenvalue weighted by Crippen LogP contribution is -2.29. The summed E-state index contributed by atoms with van der Waals surface area (Å²) in [7, 11) is 0. The SMILES string of the molecule is Cc1ccc(C(Oc2cc(C)ccc2C)C(C)N)cc1. The largest absolute Gasteiger partial charge is 0.484 e. The standard InChI is InChI=1S/C18H23NO/c1-12-6-9-16(10-7-12)18(15(4)19)20-17-11-13(2)5-8-14(17)3/h5-11,15,18H,19H2,1-4H3. The van der Waals surface area contributed by atoms with E-state index in [-0.39, 0.29) is 12.1 Å². The maximum Gasteiger partial charge on any atom is 0.138 e. The van der Waals surface area contributed by atoms with Crippen molar-refractivity contribution in [3.63, 3.8) is 0 Å². The molecule has 0 heterocycles. The van der Waals surface area contributed by atoms with Crippen LogP contribution in [0.3, 0.4) is 0 Å². The number of aryl methyl sites for hydroxylation is 3. The Morgan fingerprint density at radius 1 is 0.900 bits per heavy atom. The second-order valence-electron chi connectivity index (χ2n) is 5.58. The summed E-state index contributed by atoms with van der Waals surface area (Å²) >= 11 is 0. The van der Waals surface area contributed by atoms with Gasteiger partial charge in [-0.05, 0) is 50.5 Å². The highest BCUT2D eigenvalue weighted by molar-refractivity contribution is 5.37. The number of ether oxygens (including phenoxy) is 1. The lowest BCUT2D eigenvalue weighted by molar-refractivity contribution is 0.179. The van der Waals surface area contributed by atoms with Crippen molar-refractivity contribution in [2.75, 3.05) is 0 Å². The molecule has 2 N–H and O–H groups in total. The van der Waals surface area contributed by atoms with Gasteiger partial charge in [0.2, 0.25) is 0 Å². The van der Waals surface area contributed by atoms with E-state index in [1.807, 2.05) is 6.92 Å². The summed E-state index contributed by atoms with van der Waals surface area (Å²) in [5.41, 5.74) is 10.8. The van der Waals surface area contributed by atoms with Crippen LogP contribution < -0.4 is 10.5 Å². The molecule has 2 nitrogen and oxygen atoms in total. The topological polar surface area (TPSA) is 35.2 Å². The number of hydrogen-bond donors (Lipinski definition) is 1. The zero-order chi connectivity index (χ0) is 14.7. The first-order valence-electron chi connectivity index (χ1n) is 7.03. The molecule has 106 valence electrons. The second-order valence-corrected chi connectivity index (χ2v) is 5.58. The first-order chi connectivity index (χ1) is 9.47. The van der Waals surface area contributed by atoms with Crippen LogP contribution >= 0.6 is 0 Å². The molecule has 0 saturated heterocycles. The van der Waals surface area contributed by atoms with Crippen molar-refractivity contribution in [3.05, 3.63) is 64.7 Å². The molecular weight excluding hydrogens is 246 g/mol. The van der Waals surface area contributed by atoms with E-state index in [9.17, 15) is 0 Å². The molecule has 0 aliphatic rings. The van der Waals surface area contributed by atoms with Gasteiger partial charge in [0, 0.05) is 6.04 Å². The van der Waals surface area contributed by atoms with Crippen molar-refractivity contribution in [1.82, 2.24) is 0 Å². The minimum absolute atomic E-state index is 0.0716. The molecule has 0 saturated carbocycles. The van der Waals surface area contributed by atoms with Gasteiger partial charge in [-0.3, -0.25) is 0 Å². The van der Waals surface area contributed by atoms with E-state index < -0.39 is 0 Å². The molecule has 0 bridgehead atoms. The first-order valence-corrected chi connectivity index (χ1v) is 7.03. The van der Waals surface area contributed by atoms with Crippen LogP contribution in [0.15, 0.2) is 42.5 Å². The highest BCUT2D eigenvalue weighted by atomic mass is 16.5. The summed E-state index contributed by atoms with van der Waals surface area (Å²) in [4.78, 5) is 0. The Balaban J connectivity index is 2.30.